The second kappa shape index (κ2) is 8.95. The van der Waals surface area contributed by atoms with Crippen molar-refractivity contribution >= 4 is 42.9 Å². The number of ether oxygens (including phenoxy) is 1. The lowest BCUT2D eigenvalue weighted by Crippen LogP contribution is -2.16. The van der Waals surface area contributed by atoms with Gasteiger partial charge in [0.1, 0.15) is 0 Å². The third kappa shape index (κ3) is 4.46. The van der Waals surface area contributed by atoms with Gasteiger partial charge in [0.15, 0.2) is 21.1 Å². The Balaban J connectivity index is 2.36. The Bertz CT molecular complexity index is 1840. The minimum atomic E-state index is -5.05. The standard InChI is InChI=1S/C24H22N2O9S2/c1-11(2)12-4-5-13(16(10-12)24(27)34-3)19-14-6-8-17(25)22(36(28,29)30)20(14)35-21-15(19)7-9-18(26)23(21)37(31,32)33/h4-11,25H,26H2,1-3H3,(H,28,29,30)(H,31,32,33). The zero-order valence-electron chi connectivity index (χ0n) is 19.8. The van der Waals surface area contributed by atoms with Crippen LogP contribution in [-0.2, 0) is 25.0 Å². The summed E-state index contributed by atoms with van der Waals surface area (Å²) in [6.07, 6.45) is 0. The summed E-state index contributed by atoms with van der Waals surface area (Å²) in [6.45, 7) is 3.83. The number of carbonyl (C=O) groups is 1. The first-order chi connectivity index (χ1) is 17.2. The van der Waals surface area contributed by atoms with Crippen LogP contribution in [0, 0.1) is 5.41 Å². The number of nitrogens with one attached hydrogen (secondary N) is 1. The van der Waals surface area contributed by atoms with Gasteiger partial charge in [-0.1, -0.05) is 26.0 Å². The van der Waals surface area contributed by atoms with Crippen molar-refractivity contribution in [2.24, 2.45) is 0 Å². The molecule has 4 rings (SSSR count). The van der Waals surface area contributed by atoms with Crippen LogP contribution in [0.15, 0.2) is 56.7 Å². The fourth-order valence-electron chi connectivity index (χ4n) is 4.21. The molecule has 0 atom stereocenters. The smallest absolute Gasteiger partial charge is 0.338 e. The van der Waals surface area contributed by atoms with Crippen LogP contribution >= 0.6 is 0 Å². The summed E-state index contributed by atoms with van der Waals surface area (Å²) in [6, 6.07) is 9.95. The summed E-state index contributed by atoms with van der Waals surface area (Å²) in [5, 5.41) is 7.48. The first kappa shape index (κ1) is 26.3. The second-order valence-corrected chi connectivity index (χ2v) is 11.3. The molecule has 13 heteroatoms. The number of methoxy groups -OCH3 is 1. The van der Waals surface area contributed by atoms with E-state index in [1.54, 1.807) is 18.2 Å². The predicted molar refractivity (Wildman–Crippen MR) is 134 cm³/mol. The van der Waals surface area contributed by atoms with Gasteiger partial charge in [-0.25, -0.2) is 4.79 Å². The molecule has 0 bridgehead atoms. The number of benzene rings is 3. The van der Waals surface area contributed by atoms with E-state index in [1.165, 1.54) is 25.3 Å². The molecule has 0 saturated heterocycles. The lowest BCUT2D eigenvalue weighted by Gasteiger charge is -2.20. The Morgan fingerprint density at radius 1 is 0.973 bits per heavy atom. The Labute approximate surface area is 211 Å². The maximum atomic E-state index is 12.8. The van der Waals surface area contributed by atoms with E-state index in [1.807, 2.05) is 13.8 Å². The van der Waals surface area contributed by atoms with Crippen molar-refractivity contribution in [1.29, 1.82) is 5.41 Å². The van der Waals surface area contributed by atoms with Crippen molar-refractivity contribution in [3.8, 4) is 22.5 Å². The van der Waals surface area contributed by atoms with Gasteiger partial charge in [-0.2, -0.15) is 16.8 Å². The van der Waals surface area contributed by atoms with Crippen LogP contribution in [-0.4, -0.2) is 39.0 Å². The number of carbonyl (C=O) groups excluding carboxylic acids is 1. The Hall–Kier alpha value is -3.78. The molecule has 0 spiro atoms. The number of hydrogen-bond donors (Lipinski definition) is 4. The van der Waals surface area contributed by atoms with Crippen LogP contribution in [0.5, 0.6) is 0 Å². The minimum Gasteiger partial charge on any atom is -0.465 e. The van der Waals surface area contributed by atoms with Crippen LogP contribution in [0.2, 0.25) is 0 Å². The molecule has 2 aliphatic rings. The summed E-state index contributed by atoms with van der Waals surface area (Å²) >= 11 is 0. The molecule has 2 aromatic carbocycles. The van der Waals surface area contributed by atoms with E-state index in [0.29, 0.717) is 0 Å². The van der Waals surface area contributed by atoms with Crippen molar-refractivity contribution in [2.45, 2.75) is 29.6 Å². The number of nitrogen functional groups attached to an aromatic ring is 1. The van der Waals surface area contributed by atoms with E-state index in [2.05, 4.69) is 0 Å². The number of esters is 1. The van der Waals surface area contributed by atoms with E-state index < -0.39 is 58.4 Å². The fraction of sp³-hybridized carbons (Fsp3) is 0.167. The van der Waals surface area contributed by atoms with Crippen molar-refractivity contribution < 1.29 is 39.9 Å². The molecule has 0 amide bonds. The van der Waals surface area contributed by atoms with Crippen molar-refractivity contribution in [3.63, 3.8) is 0 Å². The Kier molecular flexibility index (Phi) is 6.36. The van der Waals surface area contributed by atoms with Crippen molar-refractivity contribution in [1.82, 2.24) is 0 Å². The van der Waals surface area contributed by atoms with Gasteiger partial charge in [-0.05, 0) is 47.4 Å². The normalized spacial score (nSPS) is 12.4. The molecule has 0 radical (unpaired) electrons. The van der Waals surface area contributed by atoms with E-state index >= 15 is 0 Å². The highest BCUT2D eigenvalue weighted by atomic mass is 32.2. The maximum absolute atomic E-state index is 12.8. The molecule has 5 N–H and O–H groups in total. The lowest BCUT2D eigenvalue weighted by atomic mass is 9.88. The van der Waals surface area contributed by atoms with Crippen LogP contribution in [0.3, 0.4) is 0 Å². The van der Waals surface area contributed by atoms with Gasteiger partial charge < -0.3 is 14.9 Å². The topological polar surface area (TPSA) is 198 Å². The van der Waals surface area contributed by atoms with Gasteiger partial charge in [-0.15, -0.1) is 0 Å². The van der Waals surface area contributed by atoms with Gasteiger partial charge in [-0.3, -0.25) is 14.5 Å². The molecule has 0 fully saturated rings. The van der Waals surface area contributed by atoms with E-state index in [-0.39, 0.29) is 33.6 Å². The summed E-state index contributed by atoms with van der Waals surface area (Å²) in [4.78, 5) is 11.1. The molecule has 37 heavy (non-hydrogen) atoms. The van der Waals surface area contributed by atoms with Gasteiger partial charge >= 0.3 is 5.97 Å². The monoisotopic (exact) mass is 546 g/mol. The Morgan fingerprint density at radius 2 is 1.59 bits per heavy atom. The highest BCUT2D eigenvalue weighted by Crippen LogP contribution is 2.46. The van der Waals surface area contributed by atoms with E-state index in [9.17, 15) is 30.7 Å². The van der Waals surface area contributed by atoms with Crippen molar-refractivity contribution in [3.05, 3.63) is 58.9 Å². The van der Waals surface area contributed by atoms with Crippen LogP contribution < -0.4 is 11.1 Å². The number of nitrogens with two attached hydrogens (primary N) is 1. The average Bonchev–Trinajstić information content (AvgIpc) is 2.79. The predicted octanol–water partition coefficient (Wildman–Crippen LogP) is 3.67. The Morgan fingerprint density at radius 3 is 2.16 bits per heavy atom. The van der Waals surface area contributed by atoms with Gasteiger partial charge in [0.05, 0.1) is 23.7 Å². The molecule has 11 nitrogen and oxygen atoms in total. The minimum absolute atomic E-state index is 0.0275. The first-order valence-corrected chi connectivity index (χ1v) is 13.6. The number of anilines is 1. The molecule has 1 heterocycles. The van der Waals surface area contributed by atoms with Crippen LogP contribution in [0.4, 0.5) is 5.69 Å². The molecule has 0 unspecified atom stereocenters. The molecule has 0 aromatic heterocycles. The molecule has 1 aliphatic carbocycles. The molecule has 194 valence electrons. The first-order valence-electron chi connectivity index (χ1n) is 10.7. The highest BCUT2D eigenvalue weighted by molar-refractivity contribution is 7.86. The molecule has 2 aromatic rings. The number of hydrogen-bond acceptors (Lipinski definition) is 9. The highest BCUT2D eigenvalue weighted by Gasteiger charge is 2.31. The van der Waals surface area contributed by atoms with Crippen LogP contribution in [0.1, 0.15) is 35.7 Å². The second-order valence-electron chi connectivity index (χ2n) is 8.56. The van der Waals surface area contributed by atoms with Gasteiger partial charge in [0.2, 0.25) is 0 Å². The third-order valence-electron chi connectivity index (χ3n) is 5.90. The van der Waals surface area contributed by atoms with Crippen molar-refractivity contribution in [2.75, 3.05) is 12.8 Å². The quantitative estimate of drug-likeness (QED) is 0.124. The number of rotatable bonds is 5. The van der Waals surface area contributed by atoms with E-state index in [4.69, 9.17) is 20.3 Å². The van der Waals surface area contributed by atoms with Crippen LogP contribution in [0.25, 0.3) is 33.4 Å². The molecular weight excluding hydrogens is 524 g/mol. The van der Waals surface area contributed by atoms with Gasteiger partial charge in [0.25, 0.3) is 20.2 Å². The molecular formula is C24H22N2O9S2. The lowest BCUT2D eigenvalue weighted by molar-refractivity contribution is 0.0601. The number of fused-ring (bicyclic) bond motifs is 2. The third-order valence-corrected chi connectivity index (χ3v) is 7.76. The molecule has 1 aliphatic heterocycles. The summed E-state index contributed by atoms with van der Waals surface area (Å²) in [7, 11) is -8.87. The van der Waals surface area contributed by atoms with Gasteiger partial charge in [0, 0.05) is 16.5 Å². The summed E-state index contributed by atoms with van der Waals surface area (Å²) in [5.41, 5.74) is 6.14. The fourth-order valence-corrected chi connectivity index (χ4v) is 5.70. The SMILES string of the molecule is COC(=O)c1cc(C(C)C)ccc1-c1c2ccc(=N)c(S(=O)(=O)O)c-2oc2c(S(=O)(=O)O)c(N)ccc12. The largest absolute Gasteiger partial charge is 0.465 e. The summed E-state index contributed by atoms with van der Waals surface area (Å²) in [5.74, 6) is -1.27. The average molecular weight is 547 g/mol. The zero-order valence-corrected chi connectivity index (χ0v) is 21.4. The summed E-state index contributed by atoms with van der Waals surface area (Å²) < 4.78 is 79.5. The zero-order chi connectivity index (χ0) is 27.4. The molecule has 0 saturated carbocycles. The van der Waals surface area contributed by atoms with E-state index in [0.717, 1.165) is 11.6 Å². The maximum Gasteiger partial charge on any atom is 0.338 e.